The summed E-state index contributed by atoms with van der Waals surface area (Å²) >= 11 is 0. The van der Waals surface area contributed by atoms with Crippen LogP contribution in [-0.4, -0.2) is 5.54 Å². The Hall–Kier alpha value is -0.300. The highest BCUT2D eigenvalue weighted by atomic mass is 14.8. The van der Waals surface area contributed by atoms with Gasteiger partial charge in [0.25, 0.3) is 0 Å². The zero-order valence-electron chi connectivity index (χ0n) is 9.98. The van der Waals surface area contributed by atoms with E-state index in [1.807, 2.05) is 0 Å². The molecule has 0 heterocycles. The van der Waals surface area contributed by atoms with Crippen LogP contribution in [0.3, 0.4) is 0 Å². The summed E-state index contributed by atoms with van der Waals surface area (Å²) in [5, 5.41) is 0. The lowest BCUT2D eigenvalue weighted by Gasteiger charge is -2.47. The van der Waals surface area contributed by atoms with Gasteiger partial charge in [0.05, 0.1) is 0 Å². The fourth-order valence-corrected chi connectivity index (χ4v) is 3.63. The highest BCUT2D eigenvalue weighted by molar-refractivity contribution is 5.39. The van der Waals surface area contributed by atoms with Crippen LogP contribution < -0.4 is 5.73 Å². The molecule has 2 aliphatic carbocycles. The predicted molar refractivity (Wildman–Crippen MR) is 61.0 cm³/mol. The van der Waals surface area contributed by atoms with E-state index in [2.05, 4.69) is 33.8 Å². The SMILES string of the molecule is CCC1(N)CC(C)(C)CC2(C=C2C)C1. The van der Waals surface area contributed by atoms with Crippen LogP contribution >= 0.6 is 0 Å². The van der Waals surface area contributed by atoms with Crippen molar-refractivity contribution >= 4 is 0 Å². The first kappa shape index (κ1) is 10.2. The quantitative estimate of drug-likeness (QED) is 0.636. The molecule has 0 radical (unpaired) electrons. The number of hydrogen-bond donors (Lipinski definition) is 1. The molecule has 2 N–H and O–H groups in total. The van der Waals surface area contributed by atoms with E-state index in [0.717, 1.165) is 6.42 Å². The smallest absolute Gasteiger partial charge is 0.0168 e. The molecule has 2 unspecified atom stereocenters. The molecule has 1 spiro atoms. The summed E-state index contributed by atoms with van der Waals surface area (Å²) < 4.78 is 0. The summed E-state index contributed by atoms with van der Waals surface area (Å²) in [7, 11) is 0. The van der Waals surface area contributed by atoms with Crippen molar-refractivity contribution in [3.8, 4) is 0 Å². The molecule has 1 heteroatoms. The van der Waals surface area contributed by atoms with E-state index in [-0.39, 0.29) is 5.54 Å². The highest BCUT2D eigenvalue weighted by Crippen LogP contribution is 2.61. The van der Waals surface area contributed by atoms with Crippen LogP contribution in [0.5, 0.6) is 0 Å². The molecule has 0 aromatic heterocycles. The van der Waals surface area contributed by atoms with Gasteiger partial charge in [-0.25, -0.2) is 0 Å². The van der Waals surface area contributed by atoms with Crippen molar-refractivity contribution < 1.29 is 0 Å². The maximum Gasteiger partial charge on any atom is 0.0168 e. The summed E-state index contributed by atoms with van der Waals surface area (Å²) in [5.41, 5.74) is 8.97. The van der Waals surface area contributed by atoms with Crippen LogP contribution in [0.25, 0.3) is 0 Å². The Morgan fingerprint density at radius 2 is 1.86 bits per heavy atom. The van der Waals surface area contributed by atoms with E-state index in [9.17, 15) is 0 Å². The van der Waals surface area contributed by atoms with Gasteiger partial charge in [-0.15, -0.1) is 0 Å². The average Bonchev–Trinajstić information content (AvgIpc) is 2.55. The standard InChI is InChI=1S/C13H23N/c1-5-13(14)8-11(3,4)7-12(9-13)6-10(12)2/h6H,5,7-9,14H2,1-4H3. The third kappa shape index (κ3) is 1.52. The average molecular weight is 193 g/mol. The van der Waals surface area contributed by atoms with Crippen LogP contribution in [0.1, 0.15) is 53.4 Å². The molecule has 0 aliphatic heterocycles. The van der Waals surface area contributed by atoms with Gasteiger partial charge in [-0.05, 0) is 38.0 Å². The second kappa shape index (κ2) is 2.63. The Morgan fingerprint density at radius 3 is 2.29 bits per heavy atom. The molecule has 0 aromatic rings. The minimum atomic E-state index is 0.0794. The van der Waals surface area contributed by atoms with Crippen molar-refractivity contribution in [2.75, 3.05) is 0 Å². The molecule has 1 saturated carbocycles. The van der Waals surface area contributed by atoms with Crippen LogP contribution in [0.4, 0.5) is 0 Å². The summed E-state index contributed by atoms with van der Waals surface area (Å²) in [5.74, 6) is 0. The van der Waals surface area contributed by atoms with Gasteiger partial charge in [-0.3, -0.25) is 0 Å². The van der Waals surface area contributed by atoms with E-state index in [4.69, 9.17) is 5.73 Å². The van der Waals surface area contributed by atoms with Gasteiger partial charge in [-0.2, -0.15) is 0 Å². The minimum absolute atomic E-state index is 0.0794. The molecule has 0 saturated heterocycles. The summed E-state index contributed by atoms with van der Waals surface area (Å²) in [4.78, 5) is 0. The Bertz CT molecular complexity index is 282. The van der Waals surface area contributed by atoms with Crippen LogP contribution in [0.15, 0.2) is 11.6 Å². The molecule has 0 bridgehead atoms. The fourth-order valence-electron chi connectivity index (χ4n) is 3.63. The molecule has 80 valence electrons. The van der Waals surface area contributed by atoms with Crippen molar-refractivity contribution in [1.29, 1.82) is 0 Å². The van der Waals surface area contributed by atoms with Gasteiger partial charge >= 0.3 is 0 Å². The van der Waals surface area contributed by atoms with Crippen molar-refractivity contribution in [2.45, 2.75) is 58.9 Å². The van der Waals surface area contributed by atoms with E-state index >= 15 is 0 Å². The minimum Gasteiger partial charge on any atom is -0.325 e. The lowest BCUT2D eigenvalue weighted by Crippen LogP contribution is -2.50. The maximum absolute atomic E-state index is 6.48. The first-order valence-electron chi connectivity index (χ1n) is 5.80. The van der Waals surface area contributed by atoms with E-state index in [1.54, 1.807) is 5.57 Å². The largest absolute Gasteiger partial charge is 0.325 e. The zero-order chi connectivity index (χ0) is 10.6. The lowest BCUT2D eigenvalue weighted by molar-refractivity contribution is 0.0938. The number of nitrogens with two attached hydrogens (primary N) is 1. The van der Waals surface area contributed by atoms with E-state index in [0.29, 0.717) is 10.8 Å². The Balaban J connectivity index is 2.20. The van der Waals surface area contributed by atoms with Crippen molar-refractivity contribution in [1.82, 2.24) is 0 Å². The molecule has 1 fully saturated rings. The molecule has 2 aliphatic rings. The fraction of sp³-hybridized carbons (Fsp3) is 0.846. The van der Waals surface area contributed by atoms with Crippen LogP contribution in [-0.2, 0) is 0 Å². The Kier molecular flexibility index (Phi) is 1.92. The zero-order valence-corrected chi connectivity index (χ0v) is 9.98. The summed E-state index contributed by atoms with van der Waals surface area (Å²) in [6.07, 6.45) is 7.22. The number of allylic oxidation sites excluding steroid dienone is 2. The van der Waals surface area contributed by atoms with Gasteiger partial charge in [0, 0.05) is 11.0 Å². The number of hydrogen-bond acceptors (Lipinski definition) is 1. The third-order valence-electron chi connectivity index (χ3n) is 4.19. The van der Waals surface area contributed by atoms with E-state index in [1.165, 1.54) is 19.3 Å². The van der Waals surface area contributed by atoms with Crippen LogP contribution in [0.2, 0.25) is 0 Å². The molecule has 2 rings (SSSR count). The van der Waals surface area contributed by atoms with Crippen molar-refractivity contribution in [2.24, 2.45) is 16.6 Å². The number of rotatable bonds is 1. The van der Waals surface area contributed by atoms with Gasteiger partial charge in [0.15, 0.2) is 0 Å². The van der Waals surface area contributed by atoms with Gasteiger partial charge in [-0.1, -0.05) is 32.4 Å². The molecule has 1 nitrogen and oxygen atoms in total. The monoisotopic (exact) mass is 193 g/mol. The summed E-state index contributed by atoms with van der Waals surface area (Å²) in [6.45, 7) is 9.22. The molecule has 14 heavy (non-hydrogen) atoms. The first-order valence-corrected chi connectivity index (χ1v) is 5.80. The molecular weight excluding hydrogens is 170 g/mol. The third-order valence-corrected chi connectivity index (χ3v) is 4.19. The molecule has 0 aromatic carbocycles. The lowest BCUT2D eigenvalue weighted by atomic mass is 9.60. The Labute approximate surface area is 87.8 Å². The van der Waals surface area contributed by atoms with E-state index < -0.39 is 0 Å². The van der Waals surface area contributed by atoms with Crippen molar-refractivity contribution in [3.05, 3.63) is 11.6 Å². The van der Waals surface area contributed by atoms with Gasteiger partial charge < -0.3 is 5.73 Å². The second-order valence-corrected chi connectivity index (χ2v) is 6.39. The van der Waals surface area contributed by atoms with Gasteiger partial charge in [0.1, 0.15) is 0 Å². The molecule has 0 amide bonds. The first-order chi connectivity index (χ1) is 6.31. The Morgan fingerprint density at radius 1 is 1.29 bits per heavy atom. The molecule has 2 atom stereocenters. The summed E-state index contributed by atoms with van der Waals surface area (Å²) in [6, 6.07) is 0. The highest BCUT2D eigenvalue weighted by Gasteiger charge is 2.53. The van der Waals surface area contributed by atoms with Crippen molar-refractivity contribution in [3.63, 3.8) is 0 Å². The van der Waals surface area contributed by atoms with Gasteiger partial charge in [0.2, 0.25) is 0 Å². The molecular formula is C13H23N. The maximum atomic E-state index is 6.48. The van der Waals surface area contributed by atoms with Crippen LogP contribution in [0, 0.1) is 10.8 Å². The topological polar surface area (TPSA) is 26.0 Å². The normalized spacial score (nSPS) is 45.1. The second-order valence-electron chi connectivity index (χ2n) is 6.39. The predicted octanol–water partition coefficient (Wildman–Crippen LogP) is 3.25.